The quantitative estimate of drug-likeness (QED) is 0.0347. The molecule has 4 saturated heterocycles. The molecule has 4 heterocycles. The fourth-order valence-electron chi connectivity index (χ4n) is 6.84. The van der Waals surface area contributed by atoms with Crippen LogP contribution in [0, 0.1) is 0 Å². The van der Waals surface area contributed by atoms with Crippen molar-refractivity contribution in [3.05, 3.63) is 83.1 Å². The molecule has 0 bridgehead atoms. The van der Waals surface area contributed by atoms with Gasteiger partial charge in [0.2, 0.25) is 12.6 Å². The number of carbonyl (C=O) groups is 2. The Balaban J connectivity index is 1.23. The van der Waals surface area contributed by atoms with E-state index in [9.17, 15) is 81.1 Å². The topological polar surface area (TPSA) is 391 Å². The molecule has 14 N–H and O–H groups in total. The number of aliphatic hydroxyl groups is 14. The lowest BCUT2D eigenvalue weighted by atomic mass is 9.98. The largest absolute Gasteiger partial charge is 0.429 e. The van der Waals surface area contributed by atoms with Gasteiger partial charge in [-0.25, -0.2) is 9.59 Å². The van der Waals surface area contributed by atoms with Gasteiger partial charge in [-0.05, 0) is 27.7 Å². The zero-order valence-corrected chi connectivity index (χ0v) is 37.5. The molecule has 0 aromatic heterocycles. The third-order valence-electron chi connectivity index (χ3n) is 11.2. The number of esters is 2. The summed E-state index contributed by atoms with van der Waals surface area (Å²) in [6.45, 7) is 3.80. The van der Waals surface area contributed by atoms with E-state index >= 15 is 0 Å². The molecule has 0 spiro atoms. The first-order chi connectivity index (χ1) is 32.1. The Hall–Kier alpha value is -3.68. The second-order valence-electron chi connectivity index (χ2n) is 16.5. The predicted molar refractivity (Wildman–Crippen MR) is 227 cm³/mol. The summed E-state index contributed by atoms with van der Waals surface area (Å²) in [6.07, 6.45) is -16.8. The van der Waals surface area contributed by atoms with Crippen LogP contribution in [-0.2, 0) is 47.5 Å². The Morgan fingerprint density at radius 1 is 0.397 bits per heavy atom. The summed E-state index contributed by atoms with van der Waals surface area (Å²) in [5.74, 6) is -1.86. The molecule has 4 aliphatic heterocycles. The van der Waals surface area contributed by atoms with Gasteiger partial charge in [-0.1, -0.05) is 71.9 Å². The first kappa shape index (κ1) is 56.9. The van der Waals surface area contributed by atoms with Crippen molar-refractivity contribution in [2.45, 2.75) is 151 Å². The van der Waals surface area contributed by atoms with Gasteiger partial charge in [0.25, 0.3) is 0 Å². The van der Waals surface area contributed by atoms with Gasteiger partial charge < -0.3 is 109 Å². The monoisotopic (exact) mass is 976 g/mol. The van der Waals surface area contributed by atoms with Gasteiger partial charge in [0.1, 0.15) is 97.7 Å². The lowest BCUT2D eigenvalue weighted by molar-refractivity contribution is -0.326. The van der Waals surface area contributed by atoms with E-state index in [0.717, 1.165) is 11.1 Å². The Kier molecular flexibility index (Phi) is 22.2. The highest BCUT2D eigenvalue weighted by Crippen LogP contribution is 2.28. The molecule has 0 aliphatic carbocycles. The molecule has 4 aliphatic rings. The Bertz CT molecular complexity index is 1730. The fraction of sp³-hybridized carbons (Fsp3) is 0.636. The van der Waals surface area contributed by atoms with Crippen LogP contribution in [-0.4, -0.2) is 233 Å². The van der Waals surface area contributed by atoms with Crippen molar-refractivity contribution < 1.29 is 119 Å². The van der Waals surface area contributed by atoms with E-state index in [0.29, 0.717) is 0 Å². The number of hydrogen-bond acceptors (Lipinski definition) is 24. The Labute approximate surface area is 390 Å². The van der Waals surface area contributed by atoms with Gasteiger partial charge in [-0.3, -0.25) is 0 Å². The number of ether oxygens (including phenoxy) is 8. The maximum Gasteiger partial charge on any atom is 0.336 e. The maximum absolute atomic E-state index is 12.8. The van der Waals surface area contributed by atoms with Crippen molar-refractivity contribution in [1.29, 1.82) is 0 Å². The van der Waals surface area contributed by atoms with Gasteiger partial charge in [-0.2, -0.15) is 0 Å². The van der Waals surface area contributed by atoms with Crippen molar-refractivity contribution in [3.63, 3.8) is 0 Å². The molecule has 4 fully saturated rings. The molecule has 0 aromatic rings. The third kappa shape index (κ3) is 14.9. The summed E-state index contributed by atoms with van der Waals surface area (Å²) in [5.41, 5.74) is 1.68. The van der Waals surface area contributed by atoms with Crippen LogP contribution >= 0.6 is 0 Å². The van der Waals surface area contributed by atoms with Crippen LogP contribution in [0.1, 0.15) is 27.7 Å². The van der Waals surface area contributed by atoms with Crippen molar-refractivity contribution in [3.8, 4) is 0 Å². The molecule has 68 heavy (non-hydrogen) atoms. The van der Waals surface area contributed by atoms with Crippen LogP contribution in [0.4, 0.5) is 0 Å². The minimum atomic E-state index is -1.86. The highest BCUT2D eigenvalue weighted by atomic mass is 16.8. The van der Waals surface area contributed by atoms with Crippen LogP contribution in [0.3, 0.4) is 0 Å². The van der Waals surface area contributed by atoms with Gasteiger partial charge in [-0.15, -0.1) is 0 Å². The average molecular weight is 977 g/mol. The van der Waals surface area contributed by atoms with E-state index < -0.39 is 161 Å². The minimum Gasteiger partial charge on any atom is -0.429 e. The van der Waals surface area contributed by atoms with Gasteiger partial charge in [0.05, 0.1) is 26.4 Å². The molecule has 20 atom stereocenters. The maximum atomic E-state index is 12.8. The van der Waals surface area contributed by atoms with Crippen LogP contribution in [0.25, 0.3) is 0 Å². The first-order valence-corrected chi connectivity index (χ1v) is 21.5. The Morgan fingerprint density at radius 3 is 1.01 bits per heavy atom. The number of carbonyl (C=O) groups excluding carboxylic acids is 2. The minimum absolute atomic E-state index is 0.0726. The number of aliphatic hydroxyl groups excluding tert-OH is 14. The average Bonchev–Trinajstić information content (AvgIpc) is 3.31. The summed E-state index contributed by atoms with van der Waals surface area (Å²) >= 11 is 0. The molecule has 24 nitrogen and oxygen atoms in total. The summed E-state index contributed by atoms with van der Waals surface area (Å²) in [6, 6.07) is 0. The second kappa shape index (κ2) is 26.5. The third-order valence-corrected chi connectivity index (χ3v) is 11.2. The Morgan fingerprint density at radius 2 is 0.691 bits per heavy atom. The van der Waals surface area contributed by atoms with Gasteiger partial charge in [0, 0.05) is 11.1 Å². The van der Waals surface area contributed by atoms with Gasteiger partial charge >= 0.3 is 11.9 Å². The van der Waals surface area contributed by atoms with Crippen LogP contribution in [0.5, 0.6) is 0 Å². The summed E-state index contributed by atoms with van der Waals surface area (Å²) in [7, 11) is 0. The standard InChI is InChI=1S/C44H64O24/c1-19(11-7-13-21(3)39(59)67-43-37(57)33(53)29(49)25(65-43)17-61-41-35(55)31(51)27(47)23(15-45)63-41)9-5-6-10-20(2)12-8-14-22(4)40(60)68-44-38(58)34(54)30(50)26(66-44)18-62-42-36(56)32(52)28(48)24(16-46)64-42/h5-14,23-38,41-58H,15-18H2,1-4H3/b6-5+,11-7+,12-8+,19-9+,20-10+,21-13+,22-14+. The molecule has 0 saturated carbocycles. The number of allylic oxidation sites excluding steroid dienone is 12. The molecule has 0 aromatic carbocycles. The van der Waals surface area contributed by atoms with Crippen molar-refractivity contribution in [2.75, 3.05) is 26.4 Å². The molecule has 0 amide bonds. The van der Waals surface area contributed by atoms with Crippen LogP contribution in [0.2, 0.25) is 0 Å². The van der Waals surface area contributed by atoms with E-state index in [-0.39, 0.29) is 11.1 Å². The molecule has 4 rings (SSSR count). The first-order valence-electron chi connectivity index (χ1n) is 21.5. The lowest BCUT2D eigenvalue weighted by Crippen LogP contribution is -2.61. The molecule has 24 heteroatoms. The van der Waals surface area contributed by atoms with Crippen LogP contribution in [0.15, 0.2) is 83.1 Å². The SMILES string of the molecule is CC(/C=C/C=C(\C)C(=O)OC1OC(COC2OC(CO)C(O)C(O)C2O)C(O)C(O)C1O)=C\C=C\C=C(C)\C=C\C=C(/C)C(=O)OC1OC(COC2OC(CO)C(O)C(O)C2O)C(O)C(O)C1O. The van der Waals surface area contributed by atoms with Crippen molar-refractivity contribution >= 4 is 11.9 Å². The summed E-state index contributed by atoms with van der Waals surface area (Å²) < 4.78 is 42.7. The summed E-state index contributed by atoms with van der Waals surface area (Å²) in [5, 5.41) is 142. The normalized spacial score (nSPS) is 40.3. The van der Waals surface area contributed by atoms with Crippen molar-refractivity contribution in [2.24, 2.45) is 0 Å². The van der Waals surface area contributed by atoms with Gasteiger partial charge in [0.15, 0.2) is 12.6 Å². The highest BCUT2D eigenvalue weighted by Gasteiger charge is 2.50. The molecular weight excluding hydrogens is 912 g/mol. The van der Waals surface area contributed by atoms with E-state index in [1.54, 1.807) is 62.5 Å². The zero-order valence-electron chi connectivity index (χ0n) is 37.5. The molecule has 20 unspecified atom stereocenters. The summed E-state index contributed by atoms with van der Waals surface area (Å²) in [4.78, 5) is 25.6. The highest BCUT2D eigenvalue weighted by molar-refractivity contribution is 5.88. The van der Waals surface area contributed by atoms with E-state index in [4.69, 9.17) is 37.9 Å². The molecule has 384 valence electrons. The van der Waals surface area contributed by atoms with Crippen LogP contribution < -0.4 is 0 Å². The van der Waals surface area contributed by atoms with E-state index in [1.807, 2.05) is 0 Å². The number of rotatable bonds is 18. The smallest absolute Gasteiger partial charge is 0.336 e. The zero-order chi connectivity index (χ0) is 50.6. The second-order valence-corrected chi connectivity index (χ2v) is 16.5. The number of hydrogen-bond donors (Lipinski definition) is 14. The lowest BCUT2D eigenvalue weighted by Gasteiger charge is -2.42. The fourth-order valence-corrected chi connectivity index (χ4v) is 6.84. The van der Waals surface area contributed by atoms with E-state index in [1.165, 1.54) is 26.0 Å². The molecular formula is C44H64O24. The van der Waals surface area contributed by atoms with E-state index in [2.05, 4.69) is 0 Å². The predicted octanol–water partition coefficient (Wildman–Crippen LogP) is -5.23. The van der Waals surface area contributed by atoms with Crippen molar-refractivity contribution in [1.82, 2.24) is 0 Å². The molecule has 0 radical (unpaired) electrons.